The molecule has 0 saturated heterocycles. The van der Waals surface area contributed by atoms with Crippen LogP contribution in [0.4, 0.5) is 5.69 Å². The van der Waals surface area contributed by atoms with Crippen LogP contribution in [0.2, 0.25) is 5.02 Å². The van der Waals surface area contributed by atoms with Crippen LogP contribution in [0.3, 0.4) is 0 Å². The molecular formula is C19H14ClNO5. The zero-order chi connectivity index (χ0) is 18.7. The maximum absolute atomic E-state index is 12.4. The summed E-state index contributed by atoms with van der Waals surface area (Å²) < 4.78 is 10.0. The van der Waals surface area contributed by atoms with Crippen molar-refractivity contribution in [2.45, 2.75) is 6.92 Å². The van der Waals surface area contributed by atoms with Crippen molar-refractivity contribution in [2.24, 2.45) is 0 Å². The monoisotopic (exact) mass is 371 g/mol. The number of anilines is 1. The number of rotatable bonds is 4. The maximum atomic E-state index is 12.4. The molecule has 26 heavy (non-hydrogen) atoms. The lowest BCUT2D eigenvalue weighted by molar-refractivity contribution is 0.0526. The number of hydrogen-bond acceptors (Lipinski definition) is 5. The molecule has 0 aliphatic carbocycles. The van der Waals surface area contributed by atoms with Crippen LogP contribution in [0.1, 0.15) is 27.6 Å². The second kappa shape index (κ2) is 7.41. The Balaban J connectivity index is 1.83. The summed E-state index contributed by atoms with van der Waals surface area (Å²) in [5.74, 6) is -1.07. The van der Waals surface area contributed by atoms with Crippen LogP contribution in [0.5, 0.6) is 0 Å². The van der Waals surface area contributed by atoms with Crippen molar-refractivity contribution in [2.75, 3.05) is 11.9 Å². The molecule has 2 aromatic carbocycles. The van der Waals surface area contributed by atoms with Crippen molar-refractivity contribution in [3.63, 3.8) is 0 Å². The number of hydrogen-bond donors (Lipinski definition) is 1. The third-order valence-corrected chi connectivity index (χ3v) is 3.83. The Hall–Kier alpha value is -3.12. The smallest absolute Gasteiger partial charge is 0.349 e. The summed E-state index contributed by atoms with van der Waals surface area (Å²) in [7, 11) is 0. The molecule has 6 nitrogen and oxygen atoms in total. The van der Waals surface area contributed by atoms with Crippen molar-refractivity contribution >= 4 is 40.1 Å². The van der Waals surface area contributed by atoms with E-state index in [0.717, 1.165) is 0 Å². The Morgan fingerprint density at radius 1 is 1.12 bits per heavy atom. The highest BCUT2D eigenvalue weighted by Gasteiger charge is 2.15. The van der Waals surface area contributed by atoms with E-state index in [-0.39, 0.29) is 12.2 Å². The lowest BCUT2D eigenvalue weighted by atomic mass is 10.1. The molecule has 0 unspecified atom stereocenters. The second-order valence-electron chi connectivity index (χ2n) is 5.38. The number of carbonyl (C=O) groups is 2. The van der Waals surface area contributed by atoms with Gasteiger partial charge in [-0.3, -0.25) is 4.79 Å². The van der Waals surface area contributed by atoms with Crippen LogP contribution in [0.15, 0.2) is 57.7 Å². The largest absolute Gasteiger partial charge is 0.462 e. The SMILES string of the molecule is CCOC(=O)c1ccc(NC(=O)c2cc3cc(Cl)ccc3oc2=O)cc1. The number of amides is 1. The lowest BCUT2D eigenvalue weighted by Gasteiger charge is -2.07. The highest BCUT2D eigenvalue weighted by atomic mass is 35.5. The number of ether oxygens (including phenoxy) is 1. The molecule has 7 heteroatoms. The minimum Gasteiger partial charge on any atom is -0.462 e. The minimum absolute atomic E-state index is 0.144. The maximum Gasteiger partial charge on any atom is 0.349 e. The standard InChI is InChI=1S/C19H14ClNO5/c1-2-25-18(23)11-3-6-14(7-4-11)21-17(22)15-10-12-9-13(20)5-8-16(12)26-19(15)24/h3-10H,2H2,1H3,(H,21,22). The predicted molar refractivity (Wildman–Crippen MR) is 97.8 cm³/mol. The zero-order valence-corrected chi connectivity index (χ0v) is 14.5. The number of carbonyl (C=O) groups excluding carboxylic acids is 2. The van der Waals surface area contributed by atoms with Crippen LogP contribution >= 0.6 is 11.6 Å². The van der Waals surface area contributed by atoms with Crippen LogP contribution in [-0.4, -0.2) is 18.5 Å². The molecule has 1 amide bonds. The zero-order valence-electron chi connectivity index (χ0n) is 13.7. The van der Waals surface area contributed by atoms with Gasteiger partial charge >= 0.3 is 11.6 Å². The molecule has 0 bridgehead atoms. The van der Waals surface area contributed by atoms with Crippen molar-refractivity contribution in [1.82, 2.24) is 0 Å². The topological polar surface area (TPSA) is 85.6 Å². The highest BCUT2D eigenvalue weighted by molar-refractivity contribution is 6.31. The van der Waals surface area contributed by atoms with E-state index in [1.807, 2.05) is 0 Å². The van der Waals surface area contributed by atoms with E-state index in [9.17, 15) is 14.4 Å². The van der Waals surface area contributed by atoms with Gasteiger partial charge in [-0.05, 0) is 55.5 Å². The number of benzene rings is 2. The molecule has 0 atom stereocenters. The Kier molecular flexibility index (Phi) is 5.04. The van der Waals surface area contributed by atoms with Crippen molar-refractivity contribution in [3.05, 3.63) is 75.1 Å². The molecular weight excluding hydrogens is 358 g/mol. The molecule has 132 valence electrons. The van der Waals surface area contributed by atoms with Gasteiger partial charge in [0, 0.05) is 16.1 Å². The lowest BCUT2D eigenvalue weighted by Crippen LogP contribution is -2.20. The third kappa shape index (κ3) is 3.75. The molecule has 0 saturated carbocycles. The van der Waals surface area contributed by atoms with Gasteiger partial charge in [0.25, 0.3) is 5.91 Å². The molecule has 0 fully saturated rings. The van der Waals surface area contributed by atoms with E-state index < -0.39 is 17.5 Å². The average Bonchev–Trinajstić information content (AvgIpc) is 2.62. The molecule has 3 aromatic rings. The quantitative estimate of drug-likeness (QED) is 0.555. The normalized spacial score (nSPS) is 10.5. The number of nitrogens with one attached hydrogen (secondary N) is 1. The predicted octanol–water partition coefficient (Wildman–Crippen LogP) is 3.88. The van der Waals surface area contributed by atoms with Gasteiger partial charge in [-0.25, -0.2) is 9.59 Å². The fraction of sp³-hybridized carbons (Fsp3) is 0.105. The number of esters is 1. The Morgan fingerprint density at radius 2 is 1.85 bits per heavy atom. The van der Waals surface area contributed by atoms with E-state index in [1.54, 1.807) is 37.3 Å². The first-order valence-electron chi connectivity index (χ1n) is 7.80. The van der Waals surface area contributed by atoms with Gasteiger partial charge in [0.05, 0.1) is 12.2 Å². The molecule has 1 aromatic heterocycles. The van der Waals surface area contributed by atoms with Gasteiger partial charge < -0.3 is 14.5 Å². The molecule has 0 aliphatic heterocycles. The summed E-state index contributed by atoms with van der Waals surface area (Å²) in [6.45, 7) is 1.99. The highest BCUT2D eigenvalue weighted by Crippen LogP contribution is 2.19. The fourth-order valence-electron chi connectivity index (χ4n) is 2.36. The van der Waals surface area contributed by atoms with Gasteiger partial charge in [-0.2, -0.15) is 0 Å². The van der Waals surface area contributed by atoms with Crippen molar-refractivity contribution < 1.29 is 18.7 Å². The third-order valence-electron chi connectivity index (χ3n) is 3.59. The van der Waals surface area contributed by atoms with E-state index in [1.165, 1.54) is 18.2 Å². The minimum atomic E-state index is -0.750. The average molecular weight is 372 g/mol. The molecule has 3 rings (SSSR count). The summed E-state index contributed by atoms with van der Waals surface area (Å²) in [6, 6.07) is 12.3. The number of fused-ring (bicyclic) bond motifs is 1. The molecule has 0 aliphatic rings. The van der Waals surface area contributed by atoms with E-state index >= 15 is 0 Å². The van der Waals surface area contributed by atoms with Gasteiger partial charge in [0.1, 0.15) is 11.1 Å². The first kappa shape index (κ1) is 17.7. The van der Waals surface area contributed by atoms with Gasteiger partial charge in [0.2, 0.25) is 0 Å². The van der Waals surface area contributed by atoms with E-state index in [2.05, 4.69) is 5.32 Å². The first-order valence-corrected chi connectivity index (χ1v) is 8.17. The van der Waals surface area contributed by atoms with Crippen LogP contribution < -0.4 is 10.9 Å². The van der Waals surface area contributed by atoms with E-state index in [4.69, 9.17) is 20.8 Å². The van der Waals surface area contributed by atoms with Gasteiger partial charge in [0.15, 0.2) is 0 Å². The Morgan fingerprint density at radius 3 is 2.54 bits per heavy atom. The second-order valence-corrected chi connectivity index (χ2v) is 5.82. The van der Waals surface area contributed by atoms with Crippen LogP contribution in [0.25, 0.3) is 11.0 Å². The Labute approximate surface area is 153 Å². The first-order chi connectivity index (χ1) is 12.5. The van der Waals surface area contributed by atoms with Crippen molar-refractivity contribution in [3.8, 4) is 0 Å². The number of halogens is 1. The van der Waals surface area contributed by atoms with Gasteiger partial charge in [-0.1, -0.05) is 11.6 Å². The summed E-state index contributed by atoms with van der Waals surface area (Å²) in [5, 5.41) is 3.60. The molecule has 1 N–H and O–H groups in total. The van der Waals surface area contributed by atoms with Crippen LogP contribution in [0, 0.1) is 0 Å². The fourth-order valence-corrected chi connectivity index (χ4v) is 2.54. The van der Waals surface area contributed by atoms with Gasteiger partial charge in [-0.15, -0.1) is 0 Å². The molecule has 1 heterocycles. The van der Waals surface area contributed by atoms with Crippen LogP contribution in [-0.2, 0) is 4.74 Å². The summed E-state index contributed by atoms with van der Waals surface area (Å²) in [5.41, 5.74) is 0.239. The molecule has 0 radical (unpaired) electrons. The van der Waals surface area contributed by atoms with E-state index in [0.29, 0.717) is 27.2 Å². The Bertz CT molecular complexity index is 1040. The summed E-state index contributed by atoms with van der Waals surface area (Å²) >= 11 is 5.92. The molecule has 0 spiro atoms. The summed E-state index contributed by atoms with van der Waals surface area (Å²) in [4.78, 5) is 36.1. The van der Waals surface area contributed by atoms with Crippen molar-refractivity contribution in [1.29, 1.82) is 0 Å². The summed E-state index contributed by atoms with van der Waals surface area (Å²) in [6.07, 6.45) is 0.